The summed E-state index contributed by atoms with van der Waals surface area (Å²) in [4.78, 5) is 42.7. The molecule has 2 amide bonds. The first-order valence-corrected chi connectivity index (χ1v) is 17.6. The van der Waals surface area contributed by atoms with E-state index in [1.165, 1.54) is 35.1 Å². The van der Waals surface area contributed by atoms with E-state index in [1.807, 2.05) is 0 Å². The number of anilines is 1. The molecule has 0 spiro atoms. The van der Waals surface area contributed by atoms with Crippen LogP contribution in [0, 0.1) is 11.6 Å². The summed E-state index contributed by atoms with van der Waals surface area (Å²) >= 11 is 1.33. The molecule has 1 aromatic heterocycles. The average molecular weight is 733 g/mol. The number of aliphatic hydroxyl groups excluding tert-OH is 1. The number of carboxylic acids is 1. The zero-order valence-electron chi connectivity index (χ0n) is 27.9. The number of aliphatic carboxylic acids is 1. The lowest BCUT2D eigenvalue weighted by Crippen LogP contribution is -2.60. The topological polar surface area (TPSA) is 123 Å². The Balaban J connectivity index is 1.41. The van der Waals surface area contributed by atoms with Crippen molar-refractivity contribution >= 4 is 35.2 Å². The van der Waals surface area contributed by atoms with Crippen molar-refractivity contribution in [1.29, 1.82) is 0 Å². The third-order valence-electron chi connectivity index (χ3n) is 9.32. The van der Waals surface area contributed by atoms with Gasteiger partial charge in [-0.15, -0.1) is 11.8 Å². The summed E-state index contributed by atoms with van der Waals surface area (Å²) in [5.74, 6) is -5.74. The van der Waals surface area contributed by atoms with E-state index >= 15 is 8.78 Å². The smallest absolute Gasteiger partial charge is 0.416 e. The minimum atomic E-state index is -4.69. The van der Waals surface area contributed by atoms with E-state index in [2.05, 4.69) is 10.3 Å². The molecule has 0 saturated carbocycles. The molecule has 3 N–H and O–H groups in total. The Morgan fingerprint density at radius 2 is 1.73 bits per heavy atom. The molecule has 1 atom stereocenters. The number of carboxylic acid groups (broad SMARTS) is 1. The quantitative estimate of drug-likeness (QED) is 0.0702. The fourth-order valence-electron chi connectivity index (χ4n) is 6.51. The monoisotopic (exact) mass is 732 g/mol. The molecule has 3 heterocycles. The normalized spacial score (nSPS) is 17.9. The van der Waals surface area contributed by atoms with Crippen molar-refractivity contribution in [2.45, 2.75) is 81.6 Å². The van der Waals surface area contributed by atoms with Gasteiger partial charge in [0.2, 0.25) is 0 Å². The Bertz CT molecular complexity index is 1850. The summed E-state index contributed by atoms with van der Waals surface area (Å²) in [5, 5.41) is 25.9. The molecular formula is C36H37F5N4O5S. The predicted molar refractivity (Wildman–Crippen MR) is 180 cm³/mol. The molecular weight excluding hydrogens is 695 g/mol. The molecule has 15 heteroatoms. The van der Waals surface area contributed by atoms with Crippen LogP contribution in [0.1, 0.15) is 68.6 Å². The second kappa shape index (κ2) is 15.4. The van der Waals surface area contributed by atoms with Crippen LogP contribution >= 0.6 is 11.8 Å². The van der Waals surface area contributed by atoms with Crippen molar-refractivity contribution in [2.24, 2.45) is 0 Å². The summed E-state index contributed by atoms with van der Waals surface area (Å²) in [5.41, 5.74) is -2.76. The molecule has 1 saturated heterocycles. The fourth-order valence-corrected chi connectivity index (χ4v) is 6.87. The van der Waals surface area contributed by atoms with Gasteiger partial charge in [-0.1, -0.05) is 31.0 Å². The molecule has 9 nitrogen and oxygen atoms in total. The van der Waals surface area contributed by atoms with Crippen LogP contribution in [-0.2, 0) is 33.5 Å². The number of nitrogens with one attached hydrogen (secondary N) is 1. The van der Waals surface area contributed by atoms with Gasteiger partial charge in [-0.25, -0.2) is 18.8 Å². The van der Waals surface area contributed by atoms with Crippen LogP contribution in [0.2, 0.25) is 0 Å². The number of aromatic nitrogens is 1. The molecule has 0 aliphatic carbocycles. The summed E-state index contributed by atoms with van der Waals surface area (Å²) in [7, 11) is 0. The molecule has 2 aliphatic rings. The first-order valence-electron chi connectivity index (χ1n) is 16.4. The van der Waals surface area contributed by atoms with E-state index in [0.717, 1.165) is 23.2 Å². The van der Waals surface area contributed by atoms with Crippen molar-refractivity contribution in [3.05, 3.63) is 88.3 Å². The van der Waals surface area contributed by atoms with E-state index in [1.54, 1.807) is 25.3 Å². The van der Waals surface area contributed by atoms with Gasteiger partial charge in [0, 0.05) is 41.5 Å². The molecule has 0 radical (unpaired) electrons. The minimum absolute atomic E-state index is 0.0230. The van der Waals surface area contributed by atoms with Crippen molar-refractivity contribution in [1.82, 2.24) is 15.0 Å². The van der Waals surface area contributed by atoms with Crippen LogP contribution < -0.4 is 5.32 Å². The number of hydrazine groups is 1. The van der Waals surface area contributed by atoms with Crippen LogP contribution in [0.5, 0.6) is 0 Å². The standard InChI is InChI=1S/C36H37F5N4O5S/c1-35-16-7-17-45(35)44(20-23-11-10-21(30(37)31(23)38)8-5-3-4-6-9-28(46)47)34(50)29(32(35)48)33(49)43-26-14-13-24(36(39,40)41)18-25(26)22-12-15-27(51-2)42-19-22/h10-15,18-19,48H,3-9,16-17,20H2,1-2H3,(H,43,49)(H,46,47). The predicted octanol–water partition coefficient (Wildman–Crippen LogP) is 7.91. The zero-order chi connectivity index (χ0) is 37.1. The number of amides is 2. The highest BCUT2D eigenvalue weighted by Gasteiger charge is 2.52. The number of carbonyl (C=O) groups excluding carboxylic acids is 2. The van der Waals surface area contributed by atoms with Gasteiger partial charge in [-0.05, 0) is 75.1 Å². The summed E-state index contributed by atoms with van der Waals surface area (Å²) in [6.07, 6.45) is 1.84. The number of hydrogen-bond acceptors (Lipinski definition) is 7. The molecule has 5 rings (SSSR count). The number of carbonyl (C=O) groups is 3. The first kappa shape index (κ1) is 37.7. The Hall–Kier alpha value is -4.50. The van der Waals surface area contributed by atoms with E-state index in [9.17, 15) is 32.7 Å². The number of halogens is 5. The van der Waals surface area contributed by atoms with Crippen molar-refractivity contribution in [3.8, 4) is 11.1 Å². The van der Waals surface area contributed by atoms with Gasteiger partial charge in [-0.3, -0.25) is 19.4 Å². The number of rotatable bonds is 13. The SMILES string of the molecule is CSc1ccc(-c2cc(C(F)(F)F)ccc2NC(=O)C2=C(O)C3(C)CCCN3N(Cc3ccc(CCCCCCC(=O)O)c(F)c3F)C2=O)cn1. The number of thioether (sulfide) groups is 1. The summed E-state index contributed by atoms with van der Waals surface area (Å²) in [6.45, 7) is 1.42. The van der Waals surface area contributed by atoms with Gasteiger partial charge < -0.3 is 15.5 Å². The highest BCUT2D eigenvalue weighted by atomic mass is 32.2. The number of benzene rings is 2. The molecule has 1 fully saturated rings. The molecule has 272 valence electrons. The molecule has 2 aliphatic heterocycles. The van der Waals surface area contributed by atoms with Crippen LogP contribution in [0.4, 0.5) is 27.6 Å². The lowest BCUT2D eigenvalue weighted by molar-refractivity contribution is -0.160. The van der Waals surface area contributed by atoms with E-state index in [4.69, 9.17) is 5.11 Å². The Labute approximate surface area is 295 Å². The van der Waals surface area contributed by atoms with Crippen LogP contribution in [0.25, 0.3) is 11.1 Å². The van der Waals surface area contributed by atoms with E-state index in [0.29, 0.717) is 43.6 Å². The first-order chi connectivity index (χ1) is 24.1. The number of alkyl halides is 3. The molecule has 2 aromatic carbocycles. The van der Waals surface area contributed by atoms with Crippen molar-refractivity contribution < 1.29 is 46.5 Å². The molecule has 1 unspecified atom stereocenters. The maximum absolute atomic E-state index is 15.5. The van der Waals surface area contributed by atoms with Crippen LogP contribution in [-0.4, -0.2) is 61.3 Å². The van der Waals surface area contributed by atoms with E-state index in [-0.39, 0.29) is 47.3 Å². The van der Waals surface area contributed by atoms with Gasteiger partial charge in [0.1, 0.15) is 11.3 Å². The number of pyridine rings is 1. The summed E-state index contributed by atoms with van der Waals surface area (Å²) < 4.78 is 71.8. The Morgan fingerprint density at radius 3 is 2.39 bits per heavy atom. The van der Waals surface area contributed by atoms with Crippen LogP contribution in [0.15, 0.2) is 65.0 Å². The average Bonchev–Trinajstić information content (AvgIpc) is 3.49. The lowest BCUT2D eigenvalue weighted by atomic mass is 9.90. The second-order valence-electron chi connectivity index (χ2n) is 12.7. The summed E-state index contributed by atoms with van der Waals surface area (Å²) in [6, 6.07) is 8.64. The zero-order valence-corrected chi connectivity index (χ0v) is 28.8. The third-order valence-corrected chi connectivity index (χ3v) is 9.98. The highest BCUT2D eigenvalue weighted by molar-refractivity contribution is 7.98. The Kier molecular flexibility index (Phi) is 11.4. The number of aliphatic hydroxyl groups is 1. The highest BCUT2D eigenvalue weighted by Crippen LogP contribution is 2.43. The number of hydrogen-bond donors (Lipinski definition) is 3. The maximum Gasteiger partial charge on any atom is 0.416 e. The number of nitrogens with zero attached hydrogens (tertiary/aromatic N) is 3. The Morgan fingerprint density at radius 1 is 1.02 bits per heavy atom. The number of aryl methyl sites for hydroxylation is 1. The third kappa shape index (κ3) is 8.04. The van der Waals surface area contributed by atoms with Gasteiger partial charge in [0.05, 0.1) is 22.7 Å². The molecule has 3 aromatic rings. The fraction of sp³-hybridized carbons (Fsp3) is 0.389. The van der Waals surface area contributed by atoms with Gasteiger partial charge in [-0.2, -0.15) is 13.2 Å². The van der Waals surface area contributed by atoms with Gasteiger partial charge >= 0.3 is 12.1 Å². The van der Waals surface area contributed by atoms with Crippen molar-refractivity contribution in [2.75, 3.05) is 18.1 Å². The van der Waals surface area contributed by atoms with Crippen molar-refractivity contribution in [3.63, 3.8) is 0 Å². The second-order valence-corrected chi connectivity index (χ2v) is 13.5. The van der Waals surface area contributed by atoms with Gasteiger partial charge in [0.25, 0.3) is 11.8 Å². The molecule has 0 bridgehead atoms. The molecule has 51 heavy (non-hydrogen) atoms. The largest absolute Gasteiger partial charge is 0.509 e. The number of fused-ring (bicyclic) bond motifs is 1. The van der Waals surface area contributed by atoms with Gasteiger partial charge in [0.15, 0.2) is 11.6 Å². The minimum Gasteiger partial charge on any atom is -0.509 e. The maximum atomic E-state index is 15.5. The number of unbranched alkanes of at least 4 members (excludes halogenated alkanes) is 3. The van der Waals surface area contributed by atoms with Crippen LogP contribution in [0.3, 0.4) is 0 Å². The lowest BCUT2D eigenvalue weighted by Gasteiger charge is -2.46. The van der Waals surface area contributed by atoms with E-state index < -0.39 is 64.6 Å².